The summed E-state index contributed by atoms with van der Waals surface area (Å²) in [6, 6.07) is 2.18. The molecule has 1 fully saturated rings. The Hall–Kier alpha value is -1.99. The summed E-state index contributed by atoms with van der Waals surface area (Å²) in [7, 11) is 1.87. The van der Waals surface area contributed by atoms with Crippen LogP contribution in [0, 0.1) is 13.8 Å². The molecule has 1 aliphatic rings. The van der Waals surface area contributed by atoms with Crippen LogP contribution in [0.4, 0.5) is 0 Å². The number of nitrogens with zero attached hydrogens (tertiary/aromatic N) is 4. The van der Waals surface area contributed by atoms with Gasteiger partial charge >= 0.3 is 0 Å². The number of carbonyl (C=O) groups excluding carboxylic acids is 1. The van der Waals surface area contributed by atoms with Crippen LogP contribution < -0.4 is 5.32 Å². The molecular formula is C17H25N5O2. The Morgan fingerprint density at radius 1 is 1.33 bits per heavy atom. The van der Waals surface area contributed by atoms with E-state index in [0.717, 1.165) is 48.7 Å². The minimum absolute atomic E-state index is 0.0785. The van der Waals surface area contributed by atoms with Crippen LogP contribution in [0.1, 0.15) is 28.7 Å². The molecule has 7 nitrogen and oxygen atoms in total. The quantitative estimate of drug-likeness (QED) is 0.906. The van der Waals surface area contributed by atoms with E-state index in [4.69, 9.17) is 4.74 Å². The largest absolute Gasteiger partial charge is 0.379 e. The second-order valence-electron chi connectivity index (χ2n) is 6.41. The minimum atomic E-state index is -0.0785. The molecule has 130 valence electrons. The number of aryl methyl sites for hydroxylation is 3. The molecule has 24 heavy (non-hydrogen) atoms. The Labute approximate surface area is 142 Å². The van der Waals surface area contributed by atoms with Crippen LogP contribution in [0.15, 0.2) is 6.07 Å². The Bertz CT molecular complexity index is 749. The molecule has 2 aromatic rings. The summed E-state index contributed by atoms with van der Waals surface area (Å²) in [5.74, 6) is -0.0785. The number of nitrogens with one attached hydrogen (secondary N) is 1. The number of fused-ring (bicyclic) bond motifs is 1. The Morgan fingerprint density at radius 3 is 2.75 bits per heavy atom. The minimum Gasteiger partial charge on any atom is -0.379 e. The van der Waals surface area contributed by atoms with E-state index in [1.807, 2.05) is 27.0 Å². The number of hydrogen-bond acceptors (Lipinski definition) is 5. The molecule has 3 rings (SSSR count). The van der Waals surface area contributed by atoms with Crippen molar-refractivity contribution in [3.05, 3.63) is 23.0 Å². The third-order valence-corrected chi connectivity index (χ3v) is 4.66. The molecule has 0 radical (unpaired) electrons. The summed E-state index contributed by atoms with van der Waals surface area (Å²) in [6.45, 7) is 9.89. The van der Waals surface area contributed by atoms with Gasteiger partial charge in [0, 0.05) is 38.1 Å². The summed E-state index contributed by atoms with van der Waals surface area (Å²) in [5.41, 5.74) is 3.04. The van der Waals surface area contributed by atoms with Gasteiger partial charge in [0.25, 0.3) is 5.91 Å². The Kier molecular flexibility index (Phi) is 4.82. The molecule has 0 saturated carbocycles. The SMILES string of the molecule is Cc1nc2c(cc1C(=O)NC[C@@H](C)N1CCOCC1)c(C)nn2C. The van der Waals surface area contributed by atoms with Crippen molar-refractivity contribution in [2.45, 2.75) is 26.8 Å². The maximum atomic E-state index is 12.6. The molecule has 1 saturated heterocycles. The van der Waals surface area contributed by atoms with Crippen molar-refractivity contribution in [1.29, 1.82) is 0 Å². The van der Waals surface area contributed by atoms with Gasteiger partial charge in [-0.1, -0.05) is 0 Å². The van der Waals surface area contributed by atoms with Gasteiger partial charge in [-0.25, -0.2) is 4.98 Å². The highest BCUT2D eigenvalue weighted by atomic mass is 16.5. The number of carbonyl (C=O) groups is 1. The number of rotatable bonds is 4. The third-order valence-electron chi connectivity index (χ3n) is 4.66. The average Bonchev–Trinajstić information content (AvgIpc) is 2.86. The van der Waals surface area contributed by atoms with Crippen LogP contribution >= 0.6 is 0 Å². The van der Waals surface area contributed by atoms with Crippen LogP contribution in [0.5, 0.6) is 0 Å². The van der Waals surface area contributed by atoms with Crippen molar-refractivity contribution in [2.24, 2.45) is 7.05 Å². The van der Waals surface area contributed by atoms with Crippen molar-refractivity contribution < 1.29 is 9.53 Å². The van der Waals surface area contributed by atoms with Crippen molar-refractivity contribution in [3.8, 4) is 0 Å². The fraction of sp³-hybridized carbons (Fsp3) is 0.588. The predicted molar refractivity (Wildman–Crippen MR) is 92.2 cm³/mol. The van der Waals surface area contributed by atoms with E-state index in [1.54, 1.807) is 4.68 Å². The number of aromatic nitrogens is 3. The summed E-state index contributed by atoms with van der Waals surface area (Å²) in [4.78, 5) is 19.5. The first kappa shape index (κ1) is 16.9. The van der Waals surface area contributed by atoms with Gasteiger partial charge in [0.05, 0.1) is 30.2 Å². The van der Waals surface area contributed by atoms with Crippen LogP contribution in [0.25, 0.3) is 11.0 Å². The molecule has 1 amide bonds. The van der Waals surface area contributed by atoms with Crippen LogP contribution in [-0.4, -0.2) is 64.5 Å². The van der Waals surface area contributed by atoms with Gasteiger partial charge in [0.2, 0.25) is 0 Å². The summed E-state index contributed by atoms with van der Waals surface area (Å²) in [6.07, 6.45) is 0. The molecule has 1 N–H and O–H groups in total. The molecule has 1 atom stereocenters. The molecule has 2 aromatic heterocycles. The van der Waals surface area contributed by atoms with Gasteiger partial charge in [-0.05, 0) is 26.8 Å². The van der Waals surface area contributed by atoms with E-state index in [2.05, 4.69) is 27.2 Å². The third kappa shape index (κ3) is 3.27. The Balaban J connectivity index is 1.71. The van der Waals surface area contributed by atoms with Crippen molar-refractivity contribution >= 4 is 16.9 Å². The molecule has 0 aliphatic carbocycles. The molecule has 0 bridgehead atoms. The van der Waals surface area contributed by atoms with Gasteiger partial charge < -0.3 is 10.1 Å². The van der Waals surface area contributed by atoms with E-state index in [-0.39, 0.29) is 11.9 Å². The van der Waals surface area contributed by atoms with Crippen molar-refractivity contribution in [3.63, 3.8) is 0 Å². The summed E-state index contributed by atoms with van der Waals surface area (Å²) >= 11 is 0. The maximum Gasteiger partial charge on any atom is 0.253 e. The first-order valence-corrected chi connectivity index (χ1v) is 8.38. The number of pyridine rings is 1. The number of hydrogen-bond donors (Lipinski definition) is 1. The highest BCUT2D eigenvalue weighted by Gasteiger charge is 2.19. The van der Waals surface area contributed by atoms with Crippen molar-refractivity contribution in [1.82, 2.24) is 25.0 Å². The topological polar surface area (TPSA) is 72.3 Å². The lowest BCUT2D eigenvalue weighted by atomic mass is 10.1. The molecule has 1 aliphatic heterocycles. The van der Waals surface area contributed by atoms with Gasteiger partial charge in [0.1, 0.15) is 0 Å². The Morgan fingerprint density at radius 2 is 2.04 bits per heavy atom. The molecule has 0 aromatic carbocycles. The zero-order valence-electron chi connectivity index (χ0n) is 14.8. The first-order chi connectivity index (χ1) is 11.5. The highest BCUT2D eigenvalue weighted by molar-refractivity contribution is 5.98. The van der Waals surface area contributed by atoms with E-state index in [1.165, 1.54) is 0 Å². The van der Waals surface area contributed by atoms with Gasteiger partial charge in [0.15, 0.2) is 5.65 Å². The molecule has 7 heteroatoms. The highest BCUT2D eigenvalue weighted by Crippen LogP contribution is 2.19. The van der Waals surface area contributed by atoms with E-state index in [9.17, 15) is 4.79 Å². The smallest absolute Gasteiger partial charge is 0.253 e. The zero-order chi connectivity index (χ0) is 17.3. The van der Waals surface area contributed by atoms with Crippen LogP contribution in [-0.2, 0) is 11.8 Å². The first-order valence-electron chi connectivity index (χ1n) is 8.38. The van der Waals surface area contributed by atoms with Gasteiger partial charge in [-0.2, -0.15) is 5.10 Å². The van der Waals surface area contributed by atoms with E-state index < -0.39 is 0 Å². The molecule has 0 unspecified atom stereocenters. The second kappa shape index (κ2) is 6.86. The molecular weight excluding hydrogens is 306 g/mol. The van der Waals surface area contributed by atoms with Gasteiger partial charge in [-0.3, -0.25) is 14.4 Å². The number of morpholine rings is 1. The zero-order valence-corrected chi connectivity index (χ0v) is 14.8. The normalized spacial score (nSPS) is 17.2. The maximum absolute atomic E-state index is 12.6. The van der Waals surface area contributed by atoms with E-state index in [0.29, 0.717) is 12.1 Å². The lowest BCUT2D eigenvalue weighted by Crippen LogP contribution is -2.47. The standard InChI is InChI=1S/C17H25N5O2/c1-11(22-5-7-24-8-6-22)10-18-17(23)15-9-14-13(3)20-21(4)16(14)19-12(15)2/h9,11H,5-8,10H2,1-4H3,(H,18,23)/t11-/m1/s1. The summed E-state index contributed by atoms with van der Waals surface area (Å²) < 4.78 is 7.12. The monoisotopic (exact) mass is 331 g/mol. The average molecular weight is 331 g/mol. The fourth-order valence-corrected chi connectivity index (χ4v) is 3.14. The van der Waals surface area contributed by atoms with Crippen molar-refractivity contribution in [2.75, 3.05) is 32.8 Å². The fourth-order valence-electron chi connectivity index (χ4n) is 3.14. The lowest BCUT2D eigenvalue weighted by molar-refractivity contribution is 0.0204. The molecule has 0 spiro atoms. The number of amides is 1. The second-order valence-corrected chi connectivity index (χ2v) is 6.41. The lowest BCUT2D eigenvalue weighted by Gasteiger charge is -2.32. The number of ether oxygens (including phenoxy) is 1. The van der Waals surface area contributed by atoms with Crippen LogP contribution in [0.3, 0.4) is 0 Å². The predicted octanol–water partition coefficient (Wildman–Crippen LogP) is 1.04. The van der Waals surface area contributed by atoms with Crippen LogP contribution in [0.2, 0.25) is 0 Å². The van der Waals surface area contributed by atoms with Gasteiger partial charge in [-0.15, -0.1) is 0 Å². The van der Waals surface area contributed by atoms with E-state index >= 15 is 0 Å². The summed E-state index contributed by atoms with van der Waals surface area (Å²) in [5, 5.41) is 8.34. The molecule has 3 heterocycles.